The number of hydrogen-bond acceptors (Lipinski definition) is 6. The maximum Gasteiger partial charge on any atom is 0.305 e. The summed E-state index contributed by atoms with van der Waals surface area (Å²) in [5.74, 6) is 1.30. The first-order chi connectivity index (χ1) is 8.65. The third-order valence-electron chi connectivity index (χ3n) is 2.15. The second-order valence-corrected chi connectivity index (χ2v) is 5.15. The van der Waals surface area contributed by atoms with Crippen molar-refractivity contribution in [2.75, 3.05) is 24.8 Å². The molecule has 0 N–H and O–H groups in total. The van der Waals surface area contributed by atoms with Crippen LogP contribution in [0.2, 0.25) is 0 Å². The summed E-state index contributed by atoms with van der Waals surface area (Å²) in [6, 6.07) is 0. The van der Waals surface area contributed by atoms with Crippen LogP contribution in [0.5, 0.6) is 0 Å². The fourth-order valence-corrected chi connectivity index (χ4v) is 2.23. The first-order valence-corrected chi connectivity index (χ1v) is 6.78. The lowest BCUT2D eigenvalue weighted by Gasteiger charge is -2.17. The van der Waals surface area contributed by atoms with Gasteiger partial charge < -0.3 is 9.64 Å². The van der Waals surface area contributed by atoms with Gasteiger partial charge in [-0.3, -0.25) is 9.78 Å². The molecule has 0 saturated heterocycles. The summed E-state index contributed by atoms with van der Waals surface area (Å²) in [5.41, 5.74) is 0. The molecule has 0 fully saturated rings. The van der Waals surface area contributed by atoms with Crippen LogP contribution >= 0.6 is 24.0 Å². The molecule has 1 heterocycles. The van der Waals surface area contributed by atoms with E-state index >= 15 is 0 Å². The zero-order valence-electron chi connectivity index (χ0n) is 10.3. The molecule has 18 heavy (non-hydrogen) atoms. The SMILES string of the molecule is COC(=O)CCCSC(=S)N(C)c1cnccn1. The highest BCUT2D eigenvalue weighted by Gasteiger charge is 2.09. The molecule has 98 valence electrons. The Morgan fingerprint density at radius 2 is 2.33 bits per heavy atom. The van der Waals surface area contributed by atoms with Crippen molar-refractivity contribution in [3.05, 3.63) is 18.6 Å². The Bertz CT molecular complexity index is 401. The number of esters is 1. The van der Waals surface area contributed by atoms with Gasteiger partial charge in [-0.1, -0.05) is 24.0 Å². The minimum Gasteiger partial charge on any atom is -0.469 e. The molecular weight excluding hydrogens is 270 g/mol. The third kappa shape index (κ3) is 4.97. The molecule has 0 aliphatic carbocycles. The van der Waals surface area contributed by atoms with E-state index in [1.54, 1.807) is 23.5 Å². The van der Waals surface area contributed by atoms with E-state index in [0.29, 0.717) is 16.6 Å². The highest BCUT2D eigenvalue weighted by Crippen LogP contribution is 2.15. The largest absolute Gasteiger partial charge is 0.469 e. The maximum absolute atomic E-state index is 10.9. The Balaban J connectivity index is 2.31. The molecule has 0 radical (unpaired) electrons. The van der Waals surface area contributed by atoms with Crippen LogP contribution in [0.25, 0.3) is 0 Å². The molecule has 7 heteroatoms. The van der Waals surface area contributed by atoms with Gasteiger partial charge in [-0.05, 0) is 6.42 Å². The molecule has 0 bridgehead atoms. The van der Waals surface area contributed by atoms with E-state index in [9.17, 15) is 4.79 Å². The highest BCUT2D eigenvalue weighted by atomic mass is 32.2. The lowest BCUT2D eigenvalue weighted by Crippen LogP contribution is -2.23. The molecule has 5 nitrogen and oxygen atoms in total. The summed E-state index contributed by atoms with van der Waals surface area (Å²) in [6.07, 6.45) is 6.05. The molecule has 1 aromatic heterocycles. The van der Waals surface area contributed by atoms with Crippen molar-refractivity contribution in [3.8, 4) is 0 Å². The van der Waals surface area contributed by atoms with Crippen LogP contribution in [0.4, 0.5) is 5.82 Å². The van der Waals surface area contributed by atoms with Crippen molar-refractivity contribution in [1.82, 2.24) is 9.97 Å². The topological polar surface area (TPSA) is 55.3 Å². The highest BCUT2D eigenvalue weighted by molar-refractivity contribution is 8.23. The molecule has 0 unspecified atom stereocenters. The van der Waals surface area contributed by atoms with Gasteiger partial charge in [0.05, 0.1) is 13.3 Å². The van der Waals surface area contributed by atoms with Gasteiger partial charge in [-0.2, -0.15) is 0 Å². The number of nitrogens with zero attached hydrogens (tertiary/aromatic N) is 3. The fraction of sp³-hybridized carbons (Fsp3) is 0.455. The van der Waals surface area contributed by atoms with E-state index in [-0.39, 0.29) is 5.97 Å². The number of carbonyl (C=O) groups excluding carboxylic acids is 1. The molecule has 0 aliphatic rings. The summed E-state index contributed by atoms with van der Waals surface area (Å²) in [4.78, 5) is 20.9. The van der Waals surface area contributed by atoms with Gasteiger partial charge in [-0.25, -0.2) is 4.98 Å². The summed E-state index contributed by atoms with van der Waals surface area (Å²) in [5, 5.41) is 0. The molecule has 1 rings (SSSR count). The van der Waals surface area contributed by atoms with E-state index in [1.807, 2.05) is 7.05 Å². The van der Waals surface area contributed by atoms with E-state index in [0.717, 1.165) is 12.2 Å². The maximum atomic E-state index is 10.9. The Morgan fingerprint density at radius 3 is 2.94 bits per heavy atom. The number of thiocarbonyl (C=S) groups is 1. The van der Waals surface area contributed by atoms with Gasteiger partial charge in [0.25, 0.3) is 0 Å². The van der Waals surface area contributed by atoms with E-state index in [1.165, 1.54) is 18.9 Å². The van der Waals surface area contributed by atoms with Crippen LogP contribution in [0.3, 0.4) is 0 Å². The van der Waals surface area contributed by atoms with Gasteiger partial charge in [0.2, 0.25) is 0 Å². The number of ether oxygens (including phenoxy) is 1. The zero-order valence-corrected chi connectivity index (χ0v) is 12.0. The van der Waals surface area contributed by atoms with Gasteiger partial charge >= 0.3 is 5.97 Å². The number of hydrogen-bond donors (Lipinski definition) is 0. The Kier molecular flexibility index (Phi) is 6.59. The minimum atomic E-state index is -0.191. The predicted octanol–water partition coefficient (Wildman–Crippen LogP) is 1.88. The van der Waals surface area contributed by atoms with Gasteiger partial charge in [0.1, 0.15) is 4.32 Å². The van der Waals surface area contributed by atoms with Crippen LogP contribution < -0.4 is 4.90 Å². The second kappa shape index (κ2) is 7.99. The second-order valence-electron chi connectivity index (χ2n) is 3.42. The monoisotopic (exact) mass is 285 g/mol. The van der Waals surface area contributed by atoms with E-state index in [2.05, 4.69) is 14.7 Å². The van der Waals surface area contributed by atoms with Crippen LogP contribution in [-0.2, 0) is 9.53 Å². The van der Waals surface area contributed by atoms with Crippen molar-refractivity contribution in [2.24, 2.45) is 0 Å². The predicted molar refractivity (Wildman–Crippen MR) is 76.7 cm³/mol. The number of carbonyl (C=O) groups is 1. The molecule has 0 atom stereocenters. The van der Waals surface area contributed by atoms with Crippen LogP contribution in [0.15, 0.2) is 18.6 Å². The van der Waals surface area contributed by atoms with Crippen molar-refractivity contribution in [3.63, 3.8) is 0 Å². The summed E-state index contributed by atoms with van der Waals surface area (Å²) in [7, 11) is 3.24. The number of methoxy groups -OCH3 is 1. The van der Waals surface area contributed by atoms with Crippen molar-refractivity contribution in [2.45, 2.75) is 12.8 Å². The standard InChI is InChI=1S/C11H15N3O2S2/c1-14(9-8-12-5-6-13-9)11(17)18-7-3-4-10(15)16-2/h5-6,8H,3-4,7H2,1-2H3. The summed E-state index contributed by atoms with van der Waals surface area (Å²) < 4.78 is 5.27. The minimum absolute atomic E-state index is 0.191. The third-order valence-corrected chi connectivity index (χ3v) is 3.79. The first kappa shape index (κ1) is 14.8. The summed E-state index contributed by atoms with van der Waals surface area (Å²) >= 11 is 6.78. The Hall–Kier alpha value is -1.21. The van der Waals surface area contributed by atoms with Gasteiger partial charge in [-0.15, -0.1) is 0 Å². The van der Waals surface area contributed by atoms with E-state index < -0.39 is 0 Å². The number of rotatable bonds is 5. The normalized spacial score (nSPS) is 9.89. The van der Waals surface area contributed by atoms with E-state index in [4.69, 9.17) is 12.2 Å². The average molecular weight is 285 g/mol. The van der Waals surface area contributed by atoms with Crippen molar-refractivity contribution < 1.29 is 9.53 Å². The van der Waals surface area contributed by atoms with Crippen molar-refractivity contribution >= 4 is 40.1 Å². The smallest absolute Gasteiger partial charge is 0.305 e. The molecule has 0 spiro atoms. The Morgan fingerprint density at radius 1 is 1.56 bits per heavy atom. The Labute approximate surface area is 116 Å². The molecule has 1 aromatic rings. The van der Waals surface area contributed by atoms with Crippen LogP contribution in [0.1, 0.15) is 12.8 Å². The number of aromatic nitrogens is 2. The lowest BCUT2D eigenvalue weighted by molar-refractivity contribution is -0.140. The zero-order chi connectivity index (χ0) is 13.4. The van der Waals surface area contributed by atoms with Gasteiger partial charge in [0.15, 0.2) is 5.82 Å². The number of thioether (sulfide) groups is 1. The van der Waals surface area contributed by atoms with Crippen LogP contribution in [-0.4, -0.2) is 40.2 Å². The number of anilines is 1. The quantitative estimate of drug-likeness (QED) is 0.465. The van der Waals surface area contributed by atoms with Gasteiger partial charge in [0, 0.05) is 31.6 Å². The molecule has 0 aromatic carbocycles. The molecular formula is C11H15N3O2S2. The lowest BCUT2D eigenvalue weighted by atomic mass is 10.3. The average Bonchev–Trinajstić information content (AvgIpc) is 2.43. The molecule has 0 amide bonds. The van der Waals surface area contributed by atoms with Crippen LogP contribution in [0, 0.1) is 0 Å². The molecule has 0 saturated carbocycles. The first-order valence-electron chi connectivity index (χ1n) is 5.38. The van der Waals surface area contributed by atoms with Crippen molar-refractivity contribution in [1.29, 1.82) is 0 Å². The fourth-order valence-electron chi connectivity index (χ4n) is 1.13. The summed E-state index contributed by atoms with van der Waals surface area (Å²) in [6.45, 7) is 0. The molecule has 0 aliphatic heterocycles.